The third kappa shape index (κ3) is 5.42. The summed E-state index contributed by atoms with van der Waals surface area (Å²) in [4.78, 5) is 21.9. The van der Waals surface area contributed by atoms with Gasteiger partial charge >= 0.3 is 5.97 Å². The van der Waals surface area contributed by atoms with Gasteiger partial charge < -0.3 is 15.2 Å². The van der Waals surface area contributed by atoms with Gasteiger partial charge in [0.2, 0.25) is 5.91 Å². The van der Waals surface area contributed by atoms with Crippen LogP contribution in [0.4, 0.5) is 0 Å². The van der Waals surface area contributed by atoms with Crippen LogP contribution in [0.25, 0.3) is 0 Å². The zero-order valence-corrected chi connectivity index (χ0v) is 11.4. The highest BCUT2D eigenvalue weighted by Crippen LogP contribution is 2.16. The Kier molecular flexibility index (Phi) is 5.36. The number of rotatable bonds is 6. The molecule has 5 nitrogen and oxygen atoms in total. The molecule has 1 amide bonds. The first-order chi connectivity index (χ1) is 8.88. The Morgan fingerprint density at radius 2 is 1.84 bits per heavy atom. The molecule has 19 heavy (non-hydrogen) atoms. The lowest BCUT2D eigenvalue weighted by Gasteiger charge is -2.13. The Labute approximate surface area is 112 Å². The van der Waals surface area contributed by atoms with E-state index in [0.717, 1.165) is 16.9 Å². The number of ether oxygens (including phenoxy) is 1. The highest BCUT2D eigenvalue weighted by atomic mass is 16.5. The number of aryl methyl sites for hydroxylation is 2. The minimum Gasteiger partial charge on any atom is -0.493 e. The van der Waals surface area contributed by atoms with Gasteiger partial charge in [0.15, 0.2) is 0 Å². The van der Waals surface area contributed by atoms with Crippen molar-refractivity contribution in [3.05, 3.63) is 29.3 Å². The molecule has 0 saturated carbocycles. The SMILES string of the molecule is Cc1cc(C)cc(OCC(C)C(=O)NCC(=O)O)c1. The van der Waals surface area contributed by atoms with Gasteiger partial charge in [-0.1, -0.05) is 13.0 Å². The van der Waals surface area contributed by atoms with Crippen molar-refractivity contribution < 1.29 is 19.4 Å². The molecule has 1 atom stereocenters. The smallest absolute Gasteiger partial charge is 0.322 e. The first kappa shape index (κ1) is 15.0. The van der Waals surface area contributed by atoms with Gasteiger partial charge in [-0.2, -0.15) is 0 Å². The Morgan fingerprint density at radius 1 is 1.26 bits per heavy atom. The molecule has 2 N–H and O–H groups in total. The van der Waals surface area contributed by atoms with Crippen molar-refractivity contribution >= 4 is 11.9 Å². The van der Waals surface area contributed by atoms with E-state index in [2.05, 4.69) is 5.32 Å². The van der Waals surface area contributed by atoms with Gasteiger partial charge in [0.1, 0.15) is 12.3 Å². The first-order valence-corrected chi connectivity index (χ1v) is 6.09. The van der Waals surface area contributed by atoms with Gasteiger partial charge in [-0.3, -0.25) is 9.59 Å². The second-order valence-corrected chi connectivity index (χ2v) is 4.65. The minimum absolute atomic E-state index is 0.217. The van der Waals surface area contributed by atoms with Crippen molar-refractivity contribution in [1.29, 1.82) is 0 Å². The van der Waals surface area contributed by atoms with Crippen molar-refractivity contribution in [1.82, 2.24) is 5.32 Å². The van der Waals surface area contributed by atoms with Crippen molar-refractivity contribution in [2.24, 2.45) is 5.92 Å². The van der Waals surface area contributed by atoms with Gasteiger partial charge in [-0.25, -0.2) is 0 Å². The predicted octanol–water partition coefficient (Wildman–Crippen LogP) is 1.52. The number of carboxylic acids is 1. The summed E-state index contributed by atoms with van der Waals surface area (Å²) in [5.41, 5.74) is 2.19. The van der Waals surface area contributed by atoms with E-state index >= 15 is 0 Å². The Morgan fingerprint density at radius 3 is 2.37 bits per heavy atom. The number of amides is 1. The predicted molar refractivity (Wildman–Crippen MR) is 71.2 cm³/mol. The van der Waals surface area contributed by atoms with Gasteiger partial charge in [0.25, 0.3) is 0 Å². The quantitative estimate of drug-likeness (QED) is 0.817. The van der Waals surface area contributed by atoms with Crippen molar-refractivity contribution in [2.45, 2.75) is 20.8 Å². The van der Waals surface area contributed by atoms with E-state index < -0.39 is 11.9 Å². The summed E-state index contributed by atoms with van der Waals surface area (Å²) in [5.74, 6) is -1.07. The maximum Gasteiger partial charge on any atom is 0.322 e. The first-order valence-electron chi connectivity index (χ1n) is 6.09. The molecule has 1 rings (SSSR count). The largest absolute Gasteiger partial charge is 0.493 e. The molecule has 0 aliphatic heterocycles. The van der Waals surface area contributed by atoms with Gasteiger partial charge in [0, 0.05) is 0 Å². The molecule has 0 aliphatic rings. The fraction of sp³-hybridized carbons (Fsp3) is 0.429. The maximum absolute atomic E-state index is 11.5. The highest BCUT2D eigenvalue weighted by Gasteiger charge is 2.14. The van der Waals surface area contributed by atoms with Crippen LogP contribution in [0.5, 0.6) is 5.75 Å². The average Bonchev–Trinajstić information content (AvgIpc) is 2.31. The Balaban J connectivity index is 2.47. The summed E-state index contributed by atoms with van der Waals surface area (Å²) < 4.78 is 5.55. The molecule has 0 fully saturated rings. The summed E-state index contributed by atoms with van der Waals surface area (Å²) in [5, 5.41) is 10.8. The summed E-state index contributed by atoms with van der Waals surface area (Å²) in [6, 6.07) is 5.83. The second-order valence-electron chi connectivity index (χ2n) is 4.65. The number of nitrogens with one attached hydrogen (secondary N) is 1. The average molecular weight is 265 g/mol. The van der Waals surface area contributed by atoms with Crippen LogP contribution in [0.3, 0.4) is 0 Å². The number of hydrogen-bond donors (Lipinski definition) is 2. The Bertz CT molecular complexity index is 450. The monoisotopic (exact) mass is 265 g/mol. The number of carbonyl (C=O) groups is 2. The molecule has 0 radical (unpaired) electrons. The van der Waals surface area contributed by atoms with E-state index in [-0.39, 0.29) is 19.1 Å². The van der Waals surface area contributed by atoms with Crippen LogP contribution in [0.2, 0.25) is 0 Å². The molecule has 1 unspecified atom stereocenters. The number of benzene rings is 1. The third-order valence-corrected chi connectivity index (χ3v) is 2.56. The van der Waals surface area contributed by atoms with E-state index in [9.17, 15) is 9.59 Å². The molecule has 0 aliphatic carbocycles. The maximum atomic E-state index is 11.5. The van der Waals surface area contributed by atoms with Crippen molar-refractivity contribution in [3.8, 4) is 5.75 Å². The van der Waals surface area contributed by atoms with E-state index in [0.29, 0.717) is 0 Å². The number of aliphatic carboxylic acids is 1. The molecular weight excluding hydrogens is 246 g/mol. The zero-order valence-electron chi connectivity index (χ0n) is 11.4. The third-order valence-electron chi connectivity index (χ3n) is 2.56. The van der Waals surface area contributed by atoms with Gasteiger partial charge in [-0.15, -0.1) is 0 Å². The fourth-order valence-electron chi connectivity index (χ4n) is 1.65. The topological polar surface area (TPSA) is 75.6 Å². The normalized spacial score (nSPS) is 11.7. The van der Waals surface area contributed by atoms with Crippen LogP contribution < -0.4 is 10.1 Å². The lowest BCUT2D eigenvalue weighted by molar-refractivity contribution is -0.138. The van der Waals surface area contributed by atoms with Crippen molar-refractivity contribution in [3.63, 3.8) is 0 Å². The standard InChI is InChI=1S/C14H19NO4/c1-9-4-10(2)6-12(5-9)19-8-11(3)14(18)15-7-13(16)17/h4-6,11H,7-8H2,1-3H3,(H,15,18)(H,16,17). The number of carbonyl (C=O) groups excluding carboxylic acids is 1. The molecule has 1 aromatic rings. The molecule has 1 aromatic carbocycles. The van der Waals surface area contributed by atoms with Crippen molar-refractivity contribution in [2.75, 3.05) is 13.2 Å². The second kappa shape index (κ2) is 6.78. The van der Waals surface area contributed by atoms with Crippen LogP contribution in [0, 0.1) is 19.8 Å². The minimum atomic E-state index is -1.06. The molecule has 0 heterocycles. The molecular formula is C14H19NO4. The van der Waals surface area contributed by atoms with E-state index in [1.165, 1.54) is 0 Å². The summed E-state index contributed by atoms with van der Waals surface area (Å²) in [7, 11) is 0. The van der Waals surface area contributed by atoms with Crippen LogP contribution in [-0.2, 0) is 9.59 Å². The molecule has 0 aromatic heterocycles. The summed E-state index contributed by atoms with van der Waals surface area (Å²) >= 11 is 0. The molecule has 0 spiro atoms. The molecule has 104 valence electrons. The summed E-state index contributed by atoms with van der Waals surface area (Å²) in [6.07, 6.45) is 0. The van der Waals surface area contributed by atoms with E-state index in [1.54, 1.807) is 6.92 Å². The molecule has 0 saturated heterocycles. The molecule has 0 bridgehead atoms. The highest BCUT2D eigenvalue weighted by molar-refractivity contribution is 5.82. The van der Waals surface area contributed by atoms with Crippen LogP contribution in [-0.4, -0.2) is 30.1 Å². The van der Waals surface area contributed by atoms with Crippen LogP contribution in [0.1, 0.15) is 18.1 Å². The van der Waals surface area contributed by atoms with E-state index in [4.69, 9.17) is 9.84 Å². The number of hydrogen-bond acceptors (Lipinski definition) is 3. The van der Waals surface area contributed by atoms with Crippen LogP contribution in [0.15, 0.2) is 18.2 Å². The zero-order chi connectivity index (χ0) is 14.4. The molecule has 5 heteroatoms. The van der Waals surface area contributed by atoms with E-state index in [1.807, 2.05) is 32.0 Å². The lowest BCUT2D eigenvalue weighted by atomic mass is 10.1. The number of carboxylic acid groups (broad SMARTS) is 1. The fourth-order valence-corrected chi connectivity index (χ4v) is 1.65. The summed E-state index contributed by atoms with van der Waals surface area (Å²) in [6.45, 7) is 5.49. The lowest BCUT2D eigenvalue weighted by Crippen LogP contribution is -2.35. The van der Waals surface area contributed by atoms with Gasteiger partial charge in [-0.05, 0) is 37.1 Å². The Hall–Kier alpha value is -2.04. The van der Waals surface area contributed by atoms with Gasteiger partial charge in [0.05, 0.1) is 12.5 Å². The van der Waals surface area contributed by atoms with Crippen LogP contribution >= 0.6 is 0 Å².